The summed E-state index contributed by atoms with van der Waals surface area (Å²) in [6, 6.07) is 5.27. The number of rotatable bonds is 4. The Morgan fingerprint density at radius 3 is 2.91 bits per heavy atom. The highest BCUT2D eigenvalue weighted by Crippen LogP contribution is 2.31. The van der Waals surface area contributed by atoms with Crippen molar-refractivity contribution in [1.82, 2.24) is 9.88 Å². The summed E-state index contributed by atoms with van der Waals surface area (Å²) >= 11 is 4.92. The van der Waals surface area contributed by atoms with E-state index in [9.17, 15) is 10.1 Å². The molecule has 0 saturated carbocycles. The molecule has 0 bridgehead atoms. The minimum atomic E-state index is -0.308. The van der Waals surface area contributed by atoms with Gasteiger partial charge in [0.15, 0.2) is 0 Å². The van der Waals surface area contributed by atoms with Crippen molar-refractivity contribution in [1.29, 1.82) is 0 Å². The molecule has 0 amide bonds. The SMILES string of the molecule is O=[N+]([O-])c1cc(Br)ccc1N1CCCN(Cc2cscn2)CC1. The summed E-state index contributed by atoms with van der Waals surface area (Å²) in [6.45, 7) is 4.32. The van der Waals surface area contributed by atoms with Crippen LogP contribution in [0.3, 0.4) is 0 Å². The first-order valence-corrected chi connectivity index (χ1v) is 9.15. The smallest absolute Gasteiger partial charge is 0.293 e. The molecule has 1 aliphatic heterocycles. The highest BCUT2D eigenvalue weighted by molar-refractivity contribution is 9.10. The van der Waals surface area contributed by atoms with E-state index in [0.717, 1.165) is 49.3 Å². The first-order valence-electron chi connectivity index (χ1n) is 7.42. The molecule has 0 radical (unpaired) electrons. The number of hydrogen-bond donors (Lipinski definition) is 0. The summed E-state index contributed by atoms with van der Waals surface area (Å²) in [6.07, 6.45) is 0.983. The van der Waals surface area contributed by atoms with Crippen LogP contribution >= 0.6 is 27.3 Å². The molecular formula is C15H17BrN4O2S. The molecule has 1 aromatic heterocycles. The second-order valence-electron chi connectivity index (χ2n) is 5.49. The average molecular weight is 397 g/mol. The zero-order chi connectivity index (χ0) is 16.2. The van der Waals surface area contributed by atoms with Crippen molar-refractivity contribution in [2.24, 2.45) is 0 Å². The summed E-state index contributed by atoms with van der Waals surface area (Å²) in [4.78, 5) is 19.8. The number of aromatic nitrogens is 1. The summed E-state index contributed by atoms with van der Waals surface area (Å²) in [5, 5.41) is 13.4. The Morgan fingerprint density at radius 2 is 2.17 bits per heavy atom. The van der Waals surface area contributed by atoms with Gasteiger partial charge in [0.25, 0.3) is 5.69 Å². The van der Waals surface area contributed by atoms with E-state index < -0.39 is 0 Å². The van der Waals surface area contributed by atoms with Crippen LogP contribution in [0.25, 0.3) is 0 Å². The number of hydrogen-bond acceptors (Lipinski definition) is 6. The van der Waals surface area contributed by atoms with Crippen molar-refractivity contribution in [3.05, 3.63) is 49.4 Å². The average Bonchev–Trinajstić information content (AvgIpc) is 2.92. The molecule has 0 aliphatic carbocycles. The van der Waals surface area contributed by atoms with Crippen LogP contribution in [-0.4, -0.2) is 41.0 Å². The lowest BCUT2D eigenvalue weighted by Gasteiger charge is -2.23. The normalized spacial score (nSPS) is 16.3. The van der Waals surface area contributed by atoms with Crippen molar-refractivity contribution >= 4 is 38.6 Å². The number of thiazole rings is 1. The standard InChI is InChI=1S/C15H17BrN4O2S/c16-12-2-3-14(15(8-12)20(21)22)19-5-1-4-18(6-7-19)9-13-10-23-11-17-13/h2-3,8,10-11H,1,4-7,9H2. The second-order valence-corrected chi connectivity index (χ2v) is 7.12. The molecule has 1 aliphatic rings. The Kier molecular flexibility index (Phi) is 5.24. The van der Waals surface area contributed by atoms with Gasteiger partial charge in [0.1, 0.15) is 5.69 Å². The van der Waals surface area contributed by atoms with Crippen molar-refractivity contribution in [3.63, 3.8) is 0 Å². The van der Waals surface area contributed by atoms with E-state index >= 15 is 0 Å². The zero-order valence-corrected chi connectivity index (χ0v) is 14.9. The largest absolute Gasteiger partial charge is 0.365 e. The maximum atomic E-state index is 11.3. The monoisotopic (exact) mass is 396 g/mol. The third kappa shape index (κ3) is 4.07. The molecule has 2 aromatic rings. The fourth-order valence-corrected chi connectivity index (χ4v) is 3.72. The van der Waals surface area contributed by atoms with Crippen molar-refractivity contribution < 1.29 is 4.92 Å². The molecule has 0 spiro atoms. The third-order valence-electron chi connectivity index (χ3n) is 3.93. The van der Waals surface area contributed by atoms with Crippen LogP contribution in [0.2, 0.25) is 0 Å². The van der Waals surface area contributed by atoms with E-state index in [-0.39, 0.29) is 10.6 Å². The van der Waals surface area contributed by atoms with Crippen LogP contribution in [0.4, 0.5) is 11.4 Å². The number of nitro benzene ring substituents is 1. The Morgan fingerprint density at radius 1 is 1.30 bits per heavy atom. The fourth-order valence-electron chi connectivity index (χ4n) is 2.82. The first-order chi connectivity index (χ1) is 11.1. The topological polar surface area (TPSA) is 62.5 Å². The molecule has 122 valence electrons. The molecule has 0 unspecified atom stereocenters. The Bertz CT molecular complexity index is 680. The number of benzene rings is 1. The van der Waals surface area contributed by atoms with Crippen LogP contribution in [0, 0.1) is 10.1 Å². The summed E-state index contributed by atoms with van der Waals surface area (Å²) in [7, 11) is 0. The van der Waals surface area contributed by atoms with Crippen LogP contribution in [0.5, 0.6) is 0 Å². The van der Waals surface area contributed by atoms with Gasteiger partial charge in [-0.25, -0.2) is 4.98 Å². The maximum absolute atomic E-state index is 11.3. The highest BCUT2D eigenvalue weighted by Gasteiger charge is 2.22. The second kappa shape index (κ2) is 7.37. The van der Waals surface area contributed by atoms with Crippen molar-refractivity contribution in [2.45, 2.75) is 13.0 Å². The number of halogens is 1. The minimum Gasteiger partial charge on any atom is -0.365 e. The number of nitro groups is 1. The molecule has 6 nitrogen and oxygen atoms in total. The van der Waals surface area contributed by atoms with Gasteiger partial charge in [0.05, 0.1) is 16.1 Å². The molecule has 2 heterocycles. The lowest BCUT2D eigenvalue weighted by Crippen LogP contribution is -2.30. The van der Waals surface area contributed by atoms with Gasteiger partial charge in [-0.15, -0.1) is 11.3 Å². The first kappa shape index (κ1) is 16.4. The number of nitrogens with zero attached hydrogens (tertiary/aromatic N) is 4. The molecule has 1 saturated heterocycles. The van der Waals surface area contributed by atoms with E-state index in [1.54, 1.807) is 17.4 Å². The predicted molar refractivity (Wildman–Crippen MR) is 95.0 cm³/mol. The van der Waals surface area contributed by atoms with Gasteiger partial charge in [-0.2, -0.15) is 0 Å². The van der Waals surface area contributed by atoms with E-state index in [4.69, 9.17) is 0 Å². The van der Waals surface area contributed by atoms with Crippen molar-refractivity contribution in [3.8, 4) is 0 Å². The molecule has 8 heteroatoms. The van der Waals surface area contributed by atoms with E-state index in [0.29, 0.717) is 5.69 Å². The molecule has 23 heavy (non-hydrogen) atoms. The lowest BCUT2D eigenvalue weighted by molar-refractivity contribution is -0.384. The van der Waals surface area contributed by atoms with Gasteiger partial charge in [0.2, 0.25) is 0 Å². The van der Waals surface area contributed by atoms with Gasteiger partial charge in [-0.1, -0.05) is 15.9 Å². The summed E-state index contributed by atoms with van der Waals surface area (Å²) in [5.41, 5.74) is 3.81. The van der Waals surface area contributed by atoms with Gasteiger partial charge in [-0.05, 0) is 18.6 Å². The van der Waals surface area contributed by atoms with Gasteiger partial charge >= 0.3 is 0 Å². The Hall–Kier alpha value is -1.51. The fraction of sp³-hybridized carbons (Fsp3) is 0.400. The van der Waals surface area contributed by atoms with Crippen LogP contribution < -0.4 is 4.90 Å². The Balaban J connectivity index is 1.72. The maximum Gasteiger partial charge on any atom is 0.293 e. The molecule has 1 fully saturated rings. The third-order valence-corrected chi connectivity index (χ3v) is 5.06. The van der Waals surface area contributed by atoms with Gasteiger partial charge in [0, 0.05) is 48.6 Å². The molecule has 1 aromatic carbocycles. The van der Waals surface area contributed by atoms with Gasteiger partial charge < -0.3 is 4.90 Å². The highest BCUT2D eigenvalue weighted by atomic mass is 79.9. The lowest BCUT2D eigenvalue weighted by atomic mass is 10.2. The summed E-state index contributed by atoms with van der Waals surface area (Å²) < 4.78 is 0.730. The van der Waals surface area contributed by atoms with Crippen molar-refractivity contribution in [2.75, 3.05) is 31.1 Å². The van der Waals surface area contributed by atoms with E-state index in [1.165, 1.54) is 0 Å². The van der Waals surface area contributed by atoms with E-state index in [1.807, 2.05) is 17.6 Å². The molecule has 0 N–H and O–H groups in total. The molecular weight excluding hydrogens is 380 g/mol. The quantitative estimate of drug-likeness (QED) is 0.584. The Labute approximate surface area is 147 Å². The van der Waals surface area contributed by atoms with Crippen LogP contribution in [0.1, 0.15) is 12.1 Å². The minimum absolute atomic E-state index is 0.160. The van der Waals surface area contributed by atoms with E-state index in [2.05, 4.69) is 36.1 Å². The number of anilines is 1. The van der Waals surface area contributed by atoms with Crippen LogP contribution in [0.15, 0.2) is 33.6 Å². The van der Waals surface area contributed by atoms with Crippen LogP contribution in [-0.2, 0) is 6.54 Å². The predicted octanol–water partition coefficient (Wildman–Crippen LogP) is 3.53. The van der Waals surface area contributed by atoms with Gasteiger partial charge in [-0.3, -0.25) is 15.0 Å². The summed E-state index contributed by atoms with van der Waals surface area (Å²) in [5.74, 6) is 0. The molecule has 0 atom stereocenters. The zero-order valence-electron chi connectivity index (χ0n) is 12.5. The molecule has 3 rings (SSSR count).